The number of fused-ring (bicyclic) bond motifs is 1. The summed E-state index contributed by atoms with van der Waals surface area (Å²) >= 11 is 0. The zero-order valence-corrected chi connectivity index (χ0v) is 17.1. The van der Waals surface area contributed by atoms with Gasteiger partial charge in [-0.3, -0.25) is 4.98 Å². The van der Waals surface area contributed by atoms with Gasteiger partial charge < -0.3 is 16.2 Å². The van der Waals surface area contributed by atoms with Crippen LogP contribution in [0.25, 0.3) is 10.9 Å². The van der Waals surface area contributed by atoms with Gasteiger partial charge in [-0.1, -0.05) is 39.0 Å². The third-order valence-electron chi connectivity index (χ3n) is 6.04. The van der Waals surface area contributed by atoms with Gasteiger partial charge in [-0.2, -0.15) is 0 Å². The maximum atomic E-state index is 9.80. The van der Waals surface area contributed by atoms with E-state index in [9.17, 15) is 5.11 Å². The molecule has 27 heavy (non-hydrogen) atoms. The fourth-order valence-corrected chi connectivity index (χ4v) is 4.20. The molecule has 1 atom stereocenters. The van der Waals surface area contributed by atoms with Gasteiger partial charge in [0.2, 0.25) is 0 Å². The smallest absolute Gasteiger partial charge is 0.0709 e. The van der Waals surface area contributed by atoms with Crippen molar-refractivity contribution >= 4 is 10.9 Å². The van der Waals surface area contributed by atoms with Crippen LogP contribution in [0.5, 0.6) is 0 Å². The Morgan fingerprint density at radius 1 is 1.15 bits per heavy atom. The highest BCUT2D eigenvalue weighted by atomic mass is 16.3. The molecule has 0 bridgehead atoms. The van der Waals surface area contributed by atoms with E-state index in [1.54, 1.807) is 0 Å². The lowest BCUT2D eigenvalue weighted by Gasteiger charge is -2.34. The topological polar surface area (TPSA) is 71.2 Å². The summed E-state index contributed by atoms with van der Waals surface area (Å²) in [6.07, 6.45) is 5.03. The molecule has 1 aromatic heterocycles. The number of hydrogen-bond acceptors (Lipinski definition) is 4. The first-order valence-electron chi connectivity index (χ1n) is 10.3. The molecule has 2 heterocycles. The van der Waals surface area contributed by atoms with Crippen LogP contribution in [0.15, 0.2) is 30.3 Å². The van der Waals surface area contributed by atoms with Crippen molar-refractivity contribution in [3.05, 3.63) is 41.6 Å². The Hall–Kier alpha value is -1.49. The van der Waals surface area contributed by atoms with Crippen LogP contribution in [0.4, 0.5) is 0 Å². The third-order valence-corrected chi connectivity index (χ3v) is 6.04. The molecule has 2 aromatic rings. The molecule has 1 unspecified atom stereocenters. The number of hydrogen-bond donors (Lipinski definition) is 3. The van der Waals surface area contributed by atoms with Crippen molar-refractivity contribution in [1.29, 1.82) is 0 Å². The zero-order valence-electron chi connectivity index (χ0n) is 17.1. The number of piperidine rings is 1. The highest BCUT2D eigenvalue weighted by molar-refractivity contribution is 5.83. The van der Waals surface area contributed by atoms with Crippen LogP contribution in [0.3, 0.4) is 0 Å². The second kappa shape index (κ2) is 8.26. The number of aliphatic hydroxyl groups excluding tert-OH is 1. The lowest BCUT2D eigenvalue weighted by atomic mass is 9.77. The van der Waals surface area contributed by atoms with Gasteiger partial charge in [0.15, 0.2) is 0 Å². The number of rotatable bonds is 6. The van der Waals surface area contributed by atoms with Crippen LogP contribution in [0.1, 0.15) is 64.1 Å². The van der Waals surface area contributed by atoms with E-state index >= 15 is 0 Å². The monoisotopic (exact) mass is 369 g/mol. The van der Waals surface area contributed by atoms with Crippen LogP contribution in [-0.4, -0.2) is 29.8 Å². The maximum Gasteiger partial charge on any atom is 0.0709 e. The van der Waals surface area contributed by atoms with E-state index in [4.69, 9.17) is 10.7 Å². The van der Waals surface area contributed by atoms with Crippen molar-refractivity contribution in [2.45, 2.75) is 63.8 Å². The number of nitrogens with two attached hydrogens (primary N) is 1. The molecule has 148 valence electrons. The second-order valence-electron chi connectivity index (χ2n) is 9.18. The van der Waals surface area contributed by atoms with Gasteiger partial charge >= 0.3 is 0 Å². The number of aliphatic hydroxyl groups is 1. The molecule has 4 heteroatoms. The summed E-state index contributed by atoms with van der Waals surface area (Å²) < 4.78 is 0. The first-order chi connectivity index (χ1) is 12.8. The minimum absolute atomic E-state index is 0.0477. The lowest BCUT2D eigenvalue weighted by molar-refractivity contribution is 0.217. The third kappa shape index (κ3) is 4.68. The Morgan fingerprint density at radius 3 is 2.52 bits per heavy atom. The normalized spacial score (nSPS) is 18.6. The first-order valence-corrected chi connectivity index (χ1v) is 10.3. The number of benzene rings is 1. The van der Waals surface area contributed by atoms with Gasteiger partial charge in [-0.05, 0) is 68.8 Å². The summed E-state index contributed by atoms with van der Waals surface area (Å²) in [6, 6.07) is 10.5. The van der Waals surface area contributed by atoms with Crippen molar-refractivity contribution in [1.82, 2.24) is 10.3 Å². The lowest BCUT2D eigenvalue weighted by Crippen LogP contribution is -2.39. The summed E-state index contributed by atoms with van der Waals surface area (Å²) in [5.41, 5.74) is 9.64. The number of pyridine rings is 1. The quantitative estimate of drug-likeness (QED) is 0.723. The van der Waals surface area contributed by atoms with Crippen molar-refractivity contribution in [3.8, 4) is 0 Å². The molecule has 1 aliphatic heterocycles. The molecule has 1 aliphatic rings. The predicted octanol–water partition coefficient (Wildman–Crippen LogP) is 3.85. The van der Waals surface area contributed by atoms with Crippen LogP contribution >= 0.6 is 0 Å². The summed E-state index contributed by atoms with van der Waals surface area (Å²) in [7, 11) is 0. The van der Waals surface area contributed by atoms with Gasteiger partial charge in [-0.15, -0.1) is 0 Å². The minimum atomic E-state index is -0.526. The SMILES string of the molecule is CC(C)(C)c1cc(C(N)(CCO)CCC2CCNCC2)c2ccccc2n1. The van der Waals surface area contributed by atoms with E-state index < -0.39 is 5.54 Å². The standard InChI is InChI=1S/C23H35N3O/c1-22(2,3)21-16-19(18-6-4-5-7-20(18)26-21)23(24,12-15-27)11-8-17-9-13-25-14-10-17/h4-7,16-17,25,27H,8-15,24H2,1-3H3. The molecule has 0 amide bonds. The van der Waals surface area contributed by atoms with Crippen molar-refractivity contribution in [2.75, 3.05) is 19.7 Å². The molecular weight excluding hydrogens is 334 g/mol. The molecule has 0 aliphatic carbocycles. The van der Waals surface area contributed by atoms with E-state index in [1.165, 1.54) is 12.8 Å². The number of nitrogens with one attached hydrogen (secondary N) is 1. The van der Waals surface area contributed by atoms with Crippen molar-refractivity contribution in [2.24, 2.45) is 11.7 Å². The Kier molecular flexibility index (Phi) is 6.19. The van der Waals surface area contributed by atoms with Gasteiger partial charge in [0.25, 0.3) is 0 Å². The summed E-state index contributed by atoms with van der Waals surface area (Å²) in [4.78, 5) is 4.90. The summed E-state index contributed by atoms with van der Waals surface area (Å²) in [5, 5.41) is 14.4. The molecule has 0 spiro atoms. The maximum absolute atomic E-state index is 9.80. The molecule has 3 rings (SSSR count). The highest BCUT2D eigenvalue weighted by Gasteiger charge is 2.32. The predicted molar refractivity (Wildman–Crippen MR) is 113 cm³/mol. The van der Waals surface area contributed by atoms with Crippen LogP contribution in [0, 0.1) is 5.92 Å². The molecule has 4 nitrogen and oxygen atoms in total. The van der Waals surface area contributed by atoms with Gasteiger partial charge in [0, 0.05) is 28.6 Å². The molecular formula is C23H35N3O. The van der Waals surface area contributed by atoms with Gasteiger partial charge in [0.1, 0.15) is 0 Å². The fourth-order valence-electron chi connectivity index (χ4n) is 4.20. The van der Waals surface area contributed by atoms with Crippen LogP contribution in [0.2, 0.25) is 0 Å². The van der Waals surface area contributed by atoms with E-state index in [2.05, 4.69) is 50.4 Å². The zero-order chi connectivity index (χ0) is 19.5. The van der Waals surface area contributed by atoms with Crippen molar-refractivity contribution in [3.63, 3.8) is 0 Å². The largest absolute Gasteiger partial charge is 0.396 e. The first kappa shape index (κ1) is 20.2. The molecule has 1 saturated heterocycles. The highest BCUT2D eigenvalue weighted by Crippen LogP contribution is 2.37. The average molecular weight is 370 g/mol. The Balaban J connectivity index is 2.01. The van der Waals surface area contributed by atoms with Gasteiger partial charge in [-0.25, -0.2) is 0 Å². The number of nitrogens with zero attached hydrogens (tertiary/aromatic N) is 1. The molecule has 0 radical (unpaired) electrons. The number of aromatic nitrogens is 1. The van der Waals surface area contributed by atoms with Crippen LogP contribution in [-0.2, 0) is 11.0 Å². The molecule has 0 saturated carbocycles. The van der Waals surface area contributed by atoms with E-state index in [1.807, 2.05) is 6.07 Å². The second-order valence-corrected chi connectivity index (χ2v) is 9.18. The van der Waals surface area contributed by atoms with E-state index in [-0.39, 0.29) is 12.0 Å². The number of para-hydroxylation sites is 1. The Morgan fingerprint density at radius 2 is 1.85 bits per heavy atom. The van der Waals surface area contributed by atoms with Crippen molar-refractivity contribution < 1.29 is 5.11 Å². The Bertz CT molecular complexity index is 762. The van der Waals surface area contributed by atoms with Gasteiger partial charge in [0.05, 0.1) is 5.52 Å². The average Bonchev–Trinajstić information content (AvgIpc) is 2.66. The molecule has 1 fully saturated rings. The summed E-state index contributed by atoms with van der Waals surface area (Å²) in [5.74, 6) is 0.725. The molecule has 1 aromatic carbocycles. The van der Waals surface area contributed by atoms with E-state index in [0.29, 0.717) is 6.42 Å². The Labute approximate surface area is 163 Å². The summed E-state index contributed by atoms with van der Waals surface area (Å²) in [6.45, 7) is 8.88. The van der Waals surface area contributed by atoms with E-state index in [0.717, 1.165) is 54.0 Å². The fraction of sp³-hybridized carbons (Fsp3) is 0.609. The minimum Gasteiger partial charge on any atom is -0.396 e. The van der Waals surface area contributed by atoms with Crippen LogP contribution < -0.4 is 11.1 Å². The molecule has 4 N–H and O–H groups in total.